The summed E-state index contributed by atoms with van der Waals surface area (Å²) in [5.74, 6) is 0.304. The first-order valence-corrected chi connectivity index (χ1v) is 10.3. The Labute approximate surface area is 172 Å². The second-order valence-electron chi connectivity index (χ2n) is 9.15. The lowest BCUT2D eigenvalue weighted by molar-refractivity contribution is -0.156. The van der Waals surface area contributed by atoms with Gasteiger partial charge in [-0.2, -0.15) is 0 Å². The molecule has 1 aliphatic rings. The number of anilines is 1. The van der Waals surface area contributed by atoms with Crippen LogP contribution in [0.3, 0.4) is 0 Å². The van der Waals surface area contributed by atoms with Gasteiger partial charge in [0.25, 0.3) is 0 Å². The van der Waals surface area contributed by atoms with Crippen LogP contribution in [0.1, 0.15) is 53.4 Å². The molecule has 1 aliphatic carbocycles. The molecule has 7 heteroatoms. The van der Waals surface area contributed by atoms with Gasteiger partial charge in [0.2, 0.25) is 5.91 Å². The van der Waals surface area contributed by atoms with Crippen LogP contribution >= 0.6 is 0 Å². The Balaban J connectivity index is 1.67. The first kappa shape index (κ1) is 21.3. The Hall–Kier alpha value is -2.41. The van der Waals surface area contributed by atoms with Crippen LogP contribution in [0.5, 0.6) is 0 Å². The molecule has 29 heavy (non-hydrogen) atoms. The highest BCUT2D eigenvalue weighted by Gasteiger charge is 2.28. The van der Waals surface area contributed by atoms with Crippen LogP contribution in [-0.4, -0.2) is 27.5 Å². The predicted octanol–water partition coefficient (Wildman–Crippen LogP) is 3.68. The highest BCUT2D eigenvalue weighted by molar-refractivity contribution is 6.01. The van der Waals surface area contributed by atoms with Crippen molar-refractivity contribution in [3.05, 3.63) is 24.5 Å². The van der Waals surface area contributed by atoms with Crippen LogP contribution in [0.2, 0.25) is 0 Å². The number of nitrogens with two attached hydrogens (primary N) is 1. The number of carbonyl (C=O) groups excluding carboxylic acids is 2. The average Bonchev–Trinajstić information content (AvgIpc) is 3.09. The molecule has 3 N–H and O–H groups in total. The van der Waals surface area contributed by atoms with Gasteiger partial charge in [0.1, 0.15) is 5.65 Å². The van der Waals surface area contributed by atoms with E-state index in [1.54, 1.807) is 16.8 Å². The van der Waals surface area contributed by atoms with Crippen LogP contribution in [0.15, 0.2) is 24.5 Å². The fourth-order valence-corrected chi connectivity index (χ4v) is 3.79. The average molecular weight is 401 g/mol. The molecule has 1 unspecified atom stereocenters. The van der Waals surface area contributed by atoms with E-state index >= 15 is 0 Å². The van der Waals surface area contributed by atoms with Crippen LogP contribution < -0.4 is 11.1 Å². The summed E-state index contributed by atoms with van der Waals surface area (Å²) >= 11 is 0. The SMILES string of the molecule is CC(N)C1CCC(C(=O)Nc2ccnc3c2ccn3COC(=O)C(C)(C)C)CC1. The zero-order valence-corrected chi connectivity index (χ0v) is 17.8. The van der Waals surface area contributed by atoms with Crippen LogP contribution in [-0.2, 0) is 21.1 Å². The quantitative estimate of drug-likeness (QED) is 0.746. The minimum absolute atomic E-state index is 0.0167. The van der Waals surface area contributed by atoms with E-state index < -0.39 is 5.41 Å². The van der Waals surface area contributed by atoms with Gasteiger partial charge in [0.15, 0.2) is 6.73 Å². The number of carbonyl (C=O) groups is 2. The predicted molar refractivity (Wildman–Crippen MR) is 113 cm³/mol. The number of hydrogen-bond acceptors (Lipinski definition) is 5. The zero-order chi connectivity index (χ0) is 21.2. The van der Waals surface area contributed by atoms with Gasteiger partial charge < -0.3 is 15.8 Å². The van der Waals surface area contributed by atoms with Crippen LogP contribution in [0, 0.1) is 17.3 Å². The molecule has 1 atom stereocenters. The van der Waals surface area contributed by atoms with Crippen molar-refractivity contribution in [2.75, 3.05) is 5.32 Å². The number of aromatic nitrogens is 2. The van der Waals surface area contributed by atoms with E-state index in [1.165, 1.54) is 0 Å². The molecule has 1 amide bonds. The van der Waals surface area contributed by atoms with Gasteiger partial charge in [-0.1, -0.05) is 0 Å². The Morgan fingerprint density at radius 2 is 1.97 bits per heavy atom. The monoisotopic (exact) mass is 400 g/mol. The van der Waals surface area contributed by atoms with Crippen molar-refractivity contribution >= 4 is 28.6 Å². The van der Waals surface area contributed by atoms with Gasteiger partial charge in [-0.05, 0) is 71.4 Å². The lowest BCUT2D eigenvalue weighted by atomic mass is 9.79. The van der Waals surface area contributed by atoms with E-state index in [4.69, 9.17) is 10.5 Å². The number of ether oxygens (including phenoxy) is 1. The smallest absolute Gasteiger partial charge is 0.312 e. The summed E-state index contributed by atoms with van der Waals surface area (Å²) in [6.07, 6.45) is 7.21. The lowest BCUT2D eigenvalue weighted by Gasteiger charge is -2.30. The fraction of sp³-hybridized carbons (Fsp3) is 0.591. The van der Waals surface area contributed by atoms with Gasteiger partial charge in [-0.25, -0.2) is 4.98 Å². The molecular weight excluding hydrogens is 368 g/mol. The van der Waals surface area contributed by atoms with E-state index in [2.05, 4.69) is 10.3 Å². The number of esters is 1. The van der Waals surface area contributed by atoms with E-state index in [1.807, 2.05) is 40.0 Å². The second-order valence-corrected chi connectivity index (χ2v) is 9.15. The lowest BCUT2D eigenvalue weighted by Crippen LogP contribution is -2.33. The molecule has 1 saturated carbocycles. The summed E-state index contributed by atoms with van der Waals surface area (Å²) in [5, 5.41) is 3.90. The molecule has 0 bridgehead atoms. The van der Waals surface area contributed by atoms with E-state index in [9.17, 15) is 9.59 Å². The highest BCUT2D eigenvalue weighted by atomic mass is 16.5. The minimum atomic E-state index is -0.559. The second kappa shape index (κ2) is 8.53. The maximum absolute atomic E-state index is 12.8. The summed E-state index contributed by atoms with van der Waals surface area (Å²) < 4.78 is 7.16. The molecule has 0 aliphatic heterocycles. The van der Waals surface area contributed by atoms with Gasteiger partial charge >= 0.3 is 5.97 Å². The van der Waals surface area contributed by atoms with Crippen LogP contribution in [0.4, 0.5) is 5.69 Å². The Morgan fingerprint density at radius 3 is 2.59 bits per heavy atom. The molecule has 0 spiro atoms. The number of hydrogen-bond donors (Lipinski definition) is 2. The molecule has 1 fully saturated rings. The summed E-state index contributed by atoms with van der Waals surface area (Å²) in [5.41, 5.74) is 6.85. The van der Waals surface area contributed by atoms with E-state index in [0.717, 1.165) is 36.8 Å². The molecule has 2 aromatic rings. The molecular formula is C22H32N4O3. The van der Waals surface area contributed by atoms with Crippen molar-refractivity contribution in [3.63, 3.8) is 0 Å². The number of amides is 1. The minimum Gasteiger partial charge on any atom is -0.443 e. The third-order valence-corrected chi connectivity index (χ3v) is 5.75. The van der Waals surface area contributed by atoms with Crippen molar-refractivity contribution in [2.45, 2.75) is 66.2 Å². The van der Waals surface area contributed by atoms with Gasteiger partial charge in [0, 0.05) is 29.7 Å². The molecule has 158 valence electrons. The number of fused-ring (bicyclic) bond motifs is 1. The molecule has 7 nitrogen and oxygen atoms in total. The first-order chi connectivity index (χ1) is 13.7. The maximum atomic E-state index is 12.8. The largest absolute Gasteiger partial charge is 0.443 e. The molecule has 0 aromatic carbocycles. The zero-order valence-electron chi connectivity index (χ0n) is 17.8. The molecule has 0 radical (unpaired) electrons. The van der Waals surface area contributed by atoms with Crippen molar-refractivity contribution in [1.82, 2.24) is 9.55 Å². The summed E-state index contributed by atoms with van der Waals surface area (Å²) in [4.78, 5) is 29.2. The number of nitrogens with zero attached hydrogens (tertiary/aromatic N) is 2. The Bertz CT molecular complexity index is 874. The van der Waals surface area contributed by atoms with Gasteiger partial charge in [-0.15, -0.1) is 0 Å². The molecule has 3 rings (SSSR count). The maximum Gasteiger partial charge on any atom is 0.312 e. The van der Waals surface area contributed by atoms with Crippen molar-refractivity contribution in [3.8, 4) is 0 Å². The van der Waals surface area contributed by atoms with Crippen molar-refractivity contribution < 1.29 is 14.3 Å². The number of pyridine rings is 1. The van der Waals surface area contributed by atoms with Crippen LogP contribution in [0.25, 0.3) is 11.0 Å². The number of rotatable bonds is 5. The highest BCUT2D eigenvalue weighted by Crippen LogP contribution is 2.32. The molecule has 2 aromatic heterocycles. The molecule has 0 saturated heterocycles. The number of nitrogens with one attached hydrogen (secondary N) is 1. The van der Waals surface area contributed by atoms with Gasteiger partial charge in [-0.3, -0.25) is 14.2 Å². The fourth-order valence-electron chi connectivity index (χ4n) is 3.79. The Morgan fingerprint density at radius 1 is 1.28 bits per heavy atom. The van der Waals surface area contributed by atoms with Gasteiger partial charge in [0.05, 0.1) is 11.1 Å². The standard InChI is InChI=1S/C22H32N4O3/c1-14(23)15-5-7-16(8-6-15)20(27)25-18-9-11-24-19-17(18)10-12-26(19)13-29-21(28)22(2,3)4/h9-12,14-16H,5-8,13,23H2,1-4H3,(H,24,25,27). The third kappa shape index (κ3) is 4.96. The van der Waals surface area contributed by atoms with E-state index in [-0.39, 0.29) is 30.6 Å². The van der Waals surface area contributed by atoms with Crippen molar-refractivity contribution in [2.24, 2.45) is 23.0 Å². The summed E-state index contributed by atoms with van der Waals surface area (Å²) in [6.45, 7) is 7.58. The Kier molecular flexibility index (Phi) is 6.27. The normalized spacial score (nSPS) is 21.0. The summed E-state index contributed by atoms with van der Waals surface area (Å²) in [7, 11) is 0. The molecule has 2 heterocycles. The first-order valence-electron chi connectivity index (χ1n) is 10.3. The summed E-state index contributed by atoms with van der Waals surface area (Å²) in [6, 6.07) is 3.88. The topological polar surface area (TPSA) is 99.2 Å². The van der Waals surface area contributed by atoms with E-state index in [0.29, 0.717) is 11.6 Å². The van der Waals surface area contributed by atoms with Crippen molar-refractivity contribution in [1.29, 1.82) is 0 Å². The third-order valence-electron chi connectivity index (χ3n) is 5.75.